The van der Waals surface area contributed by atoms with Crippen molar-refractivity contribution in [1.29, 1.82) is 5.26 Å². The maximum Gasteiger partial charge on any atom is 0.133 e. The second-order valence-corrected chi connectivity index (χ2v) is 4.03. The fourth-order valence-corrected chi connectivity index (χ4v) is 1.94. The largest absolute Gasteiger partial charge is 0.300 e. The first-order valence-corrected chi connectivity index (χ1v) is 5.15. The molecule has 0 radical (unpaired) electrons. The average Bonchev–Trinajstić information content (AvgIpc) is 2.18. The van der Waals surface area contributed by atoms with E-state index in [1.165, 1.54) is 0 Å². The van der Waals surface area contributed by atoms with Gasteiger partial charge in [-0.2, -0.15) is 5.26 Å². The molecular formula is C11H17NO. The predicted octanol–water partition coefficient (Wildman–Crippen LogP) is 2.83. The normalized spacial score (nSPS) is 21.1. The molecule has 0 aromatic rings. The molecule has 0 N–H and O–H groups in total. The molecule has 1 rings (SSSR count). The summed E-state index contributed by atoms with van der Waals surface area (Å²) in [6, 6.07) is 2.42. The molecule has 13 heavy (non-hydrogen) atoms. The molecule has 0 aromatic heterocycles. The second kappa shape index (κ2) is 4.41. The minimum Gasteiger partial charge on any atom is -0.300 e. The van der Waals surface area contributed by atoms with E-state index in [-0.39, 0.29) is 5.41 Å². The highest BCUT2D eigenvalue weighted by Gasteiger charge is 2.33. The Hall–Kier alpha value is -0.840. The Morgan fingerprint density at radius 2 is 2.08 bits per heavy atom. The predicted molar refractivity (Wildman–Crippen MR) is 51.0 cm³/mol. The van der Waals surface area contributed by atoms with E-state index in [1.807, 2.05) is 0 Å². The van der Waals surface area contributed by atoms with Crippen LogP contribution < -0.4 is 0 Å². The van der Waals surface area contributed by atoms with Crippen LogP contribution >= 0.6 is 0 Å². The monoisotopic (exact) mass is 179 g/mol. The molecule has 2 heteroatoms. The van der Waals surface area contributed by atoms with Gasteiger partial charge in [-0.1, -0.05) is 19.8 Å². The number of nitriles is 1. The zero-order valence-corrected chi connectivity index (χ0v) is 8.31. The van der Waals surface area contributed by atoms with Crippen molar-refractivity contribution in [3.8, 4) is 6.07 Å². The lowest BCUT2D eigenvalue weighted by molar-refractivity contribution is -0.121. The number of hydrogen-bond acceptors (Lipinski definition) is 2. The molecule has 0 saturated heterocycles. The van der Waals surface area contributed by atoms with Gasteiger partial charge in [0.2, 0.25) is 0 Å². The van der Waals surface area contributed by atoms with Gasteiger partial charge in [-0.15, -0.1) is 0 Å². The molecule has 0 spiro atoms. The first-order valence-electron chi connectivity index (χ1n) is 5.15. The van der Waals surface area contributed by atoms with E-state index < -0.39 is 0 Å². The number of hydrogen-bond donors (Lipinski definition) is 0. The lowest BCUT2D eigenvalue weighted by atomic mass is 9.72. The van der Waals surface area contributed by atoms with Crippen molar-refractivity contribution in [2.24, 2.45) is 5.41 Å². The minimum atomic E-state index is -0.163. The number of rotatable bonds is 3. The summed E-state index contributed by atoms with van der Waals surface area (Å²) in [4.78, 5) is 11.0. The molecule has 0 atom stereocenters. The first kappa shape index (κ1) is 10.2. The van der Waals surface area contributed by atoms with E-state index in [1.54, 1.807) is 0 Å². The fourth-order valence-electron chi connectivity index (χ4n) is 1.94. The zero-order chi connectivity index (χ0) is 9.73. The third kappa shape index (κ3) is 2.55. The van der Waals surface area contributed by atoms with Gasteiger partial charge in [-0.25, -0.2) is 0 Å². The van der Waals surface area contributed by atoms with Crippen LogP contribution in [0.1, 0.15) is 51.9 Å². The standard InChI is InChI=1S/C11H17NO/c1-2-3-6-11(9-12)7-4-10(13)5-8-11/h2-8H2,1H3. The first-order chi connectivity index (χ1) is 6.22. The molecule has 0 aliphatic heterocycles. The van der Waals surface area contributed by atoms with Gasteiger partial charge in [0.15, 0.2) is 0 Å². The van der Waals surface area contributed by atoms with E-state index in [0.717, 1.165) is 32.1 Å². The summed E-state index contributed by atoms with van der Waals surface area (Å²) >= 11 is 0. The fraction of sp³-hybridized carbons (Fsp3) is 0.818. The molecular weight excluding hydrogens is 162 g/mol. The van der Waals surface area contributed by atoms with Gasteiger partial charge in [-0.05, 0) is 19.3 Å². The third-order valence-electron chi connectivity index (χ3n) is 3.01. The van der Waals surface area contributed by atoms with Gasteiger partial charge in [0.05, 0.1) is 11.5 Å². The summed E-state index contributed by atoms with van der Waals surface area (Å²) < 4.78 is 0. The van der Waals surface area contributed by atoms with Crippen LogP contribution in [0, 0.1) is 16.7 Å². The quantitative estimate of drug-likeness (QED) is 0.668. The van der Waals surface area contributed by atoms with E-state index in [0.29, 0.717) is 18.6 Å². The van der Waals surface area contributed by atoms with Crippen LogP contribution in [0.5, 0.6) is 0 Å². The van der Waals surface area contributed by atoms with Gasteiger partial charge in [-0.3, -0.25) is 4.79 Å². The van der Waals surface area contributed by atoms with Crippen molar-refractivity contribution in [1.82, 2.24) is 0 Å². The molecule has 1 fully saturated rings. The highest BCUT2D eigenvalue weighted by Crippen LogP contribution is 2.38. The Labute approximate surface area is 79.9 Å². The molecule has 0 heterocycles. The van der Waals surface area contributed by atoms with Crippen LogP contribution in [0.2, 0.25) is 0 Å². The van der Waals surface area contributed by atoms with E-state index in [2.05, 4.69) is 13.0 Å². The highest BCUT2D eigenvalue weighted by atomic mass is 16.1. The Morgan fingerprint density at radius 3 is 2.54 bits per heavy atom. The summed E-state index contributed by atoms with van der Waals surface area (Å²) in [6.45, 7) is 2.14. The topological polar surface area (TPSA) is 40.9 Å². The van der Waals surface area contributed by atoms with Crippen LogP contribution in [0.25, 0.3) is 0 Å². The van der Waals surface area contributed by atoms with Gasteiger partial charge in [0.1, 0.15) is 5.78 Å². The van der Waals surface area contributed by atoms with Crippen molar-refractivity contribution in [3.05, 3.63) is 0 Å². The van der Waals surface area contributed by atoms with Crippen molar-refractivity contribution in [2.75, 3.05) is 0 Å². The molecule has 2 nitrogen and oxygen atoms in total. The third-order valence-corrected chi connectivity index (χ3v) is 3.01. The zero-order valence-electron chi connectivity index (χ0n) is 8.31. The summed E-state index contributed by atoms with van der Waals surface area (Å²) in [5.41, 5.74) is -0.163. The molecule has 72 valence electrons. The summed E-state index contributed by atoms with van der Waals surface area (Å²) in [5, 5.41) is 9.09. The Morgan fingerprint density at radius 1 is 1.46 bits per heavy atom. The number of carbonyl (C=O) groups is 1. The van der Waals surface area contributed by atoms with Gasteiger partial charge in [0.25, 0.3) is 0 Å². The smallest absolute Gasteiger partial charge is 0.133 e. The van der Waals surface area contributed by atoms with E-state index >= 15 is 0 Å². The lowest BCUT2D eigenvalue weighted by Gasteiger charge is -2.29. The second-order valence-electron chi connectivity index (χ2n) is 4.03. The van der Waals surface area contributed by atoms with Crippen LogP contribution in [0.15, 0.2) is 0 Å². The van der Waals surface area contributed by atoms with E-state index in [4.69, 9.17) is 5.26 Å². The number of ketones is 1. The molecule has 0 amide bonds. The Kier molecular flexibility index (Phi) is 3.48. The molecule has 1 aliphatic carbocycles. The molecule has 0 bridgehead atoms. The SMILES string of the molecule is CCCCC1(C#N)CCC(=O)CC1. The van der Waals surface area contributed by atoms with Crippen LogP contribution in [-0.2, 0) is 4.79 Å². The summed E-state index contributed by atoms with van der Waals surface area (Å²) in [6.07, 6.45) is 6.06. The van der Waals surface area contributed by atoms with Crippen molar-refractivity contribution in [3.63, 3.8) is 0 Å². The summed E-state index contributed by atoms with van der Waals surface area (Å²) in [7, 11) is 0. The maximum atomic E-state index is 11.0. The molecule has 0 aromatic carbocycles. The Balaban J connectivity index is 2.51. The van der Waals surface area contributed by atoms with Crippen molar-refractivity contribution < 1.29 is 4.79 Å². The molecule has 0 unspecified atom stereocenters. The number of Topliss-reactive ketones (excluding diaryl/α,β-unsaturated/α-hetero) is 1. The molecule has 1 aliphatic rings. The number of unbranched alkanes of at least 4 members (excludes halogenated alkanes) is 1. The average molecular weight is 179 g/mol. The Bertz CT molecular complexity index is 217. The summed E-state index contributed by atoms with van der Waals surface area (Å²) in [5.74, 6) is 0.336. The van der Waals surface area contributed by atoms with Gasteiger partial charge >= 0.3 is 0 Å². The molecule has 1 saturated carbocycles. The maximum absolute atomic E-state index is 11.0. The van der Waals surface area contributed by atoms with Crippen LogP contribution in [-0.4, -0.2) is 5.78 Å². The van der Waals surface area contributed by atoms with Crippen molar-refractivity contribution >= 4 is 5.78 Å². The number of nitrogens with zero attached hydrogens (tertiary/aromatic N) is 1. The van der Waals surface area contributed by atoms with Crippen molar-refractivity contribution in [2.45, 2.75) is 51.9 Å². The van der Waals surface area contributed by atoms with Gasteiger partial charge < -0.3 is 0 Å². The lowest BCUT2D eigenvalue weighted by Crippen LogP contribution is -2.26. The van der Waals surface area contributed by atoms with Crippen LogP contribution in [0.3, 0.4) is 0 Å². The van der Waals surface area contributed by atoms with Crippen LogP contribution in [0.4, 0.5) is 0 Å². The van der Waals surface area contributed by atoms with Gasteiger partial charge in [0, 0.05) is 12.8 Å². The minimum absolute atomic E-state index is 0.163. The highest BCUT2D eigenvalue weighted by molar-refractivity contribution is 5.79. The van der Waals surface area contributed by atoms with E-state index in [9.17, 15) is 4.79 Å². The number of carbonyl (C=O) groups excluding carboxylic acids is 1.